The van der Waals surface area contributed by atoms with E-state index in [1.54, 1.807) is 12.2 Å². The van der Waals surface area contributed by atoms with Gasteiger partial charge in [0.2, 0.25) is 0 Å². The van der Waals surface area contributed by atoms with E-state index in [1.165, 1.54) is 6.08 Å². The summed E-state index contributed by atoms with van der Waals surface area (Å²) in [7, 11) is 0. The quantitative estimate of drug-likeness (QED) is 0.471. The number of aliphatic hydroxyl groups excluding tert-OH is 1. The van der Waals surface area contributed by atoms with Crippen LogP contribution in [0.1, 0.15) is 6.42 Å². The third-order valence-corrected chi connectivity index (χ3v) is 2.40. The molecule has 0 unspecified atom stereocenters. The first-order valence-electron chi connectivity index (χ1n) is 3.89. The second kappa shape index (κ2) is 2.28. The number of epoxide rings is 1. The number of ether oxygens (including phenoxy) is 1. The van der Waals surface area contributed by atoms with Gasteiger partial charge in [-0.2, -0.15) is 0 Å². The van der Waals surface area contributed by atoms with Crippen molar-refractivity contribution >= 4 is 5.78 Å². The van der Waals surface area contributed by atoms with Gasteiger partial charge < -0.3 is 9.84 Å². The molecular weight excluding hydrogens is 156 g/mol. The summed E-state index contributed by atoms with van der Waals surface area (Å²) in [6, 6.07) is 0. The highest BCUT2D eigenvalue weighted by Crippen LogP contribution is 2.46. The lowest BCUT2D eigenvalue weighted by Gasteiger charge is -2.17. The van der Waals surface area contributed by atoms with E-state index in [-0.39, 0.29) is 11.9 Å². The zero-order chi connectivity index (χ0) is 8.77. The van der Waals surface area contributed by atoms with Gasteiger partial charge in [0.1, 0.15) is 17.8 Å². The molecule has 2 aliphatic rings. The van der Waals surface area contributed by atoms with Gasteiger partial charge in [-0.05, 0) is 12.2 Å². The number of carbonyl (C=O) groups excluding carboxylic acids is 1. The lowest BCUT2D eigenvalue weighted by molar-refractivity contribution is -0.125. The number of rotatable bonds is 2. The number of ketones is 1. The Morgan fingerprint density at radius 1 is 1.83 bits per heavy atom. The summed E-state index contributed by atoms with van der Waals surface area (Å²) in [4.78, 5) is 11.1. The maximum atomic E-state index is 11.1. The Labute approximate surface area is 70.3 Å². The van der Waals surface area contributed by atoms with Crippen molar-refractivity contribution in [3.63, 3.8) is 0 Å². The molecule has 0 radical (unpaired) electrons. The average Bonchev–Trinajstić information content (AvgIpc) is 2.74. The Kier molecular flexibility index (Phi) is 1.46. The molecule has 0 bridgehead atoms. The SMILES string of the molecule is C=CC[C@@]12O[C@@H]1C=CC(=O)[C@@H]2O. The number of carbonyl (C=O) groups is 1. The Hall–Kier alpha value is -0.930. The van der Waals surface area contributed by atoms with Gasteiger partial charge in [0.05, 0.1) is 0 Å². The van der Waals surface area contributed by atoms with E-state index in [0.29, 0.717) is 6.42 Å². The first-order chi connectivity index (χ1) is 5.70. The highest BCUT2D eigenvalue weighted by atomic mass is 16.6. The zero-order valence-corrected chi connectivity index (χ0v) is 6.56. The first-order valence-corrected chi connectivity index (χ1v) is 3.89. The molecule has 2 rings (SSSR count). The minimum Gasteiger partial charge on any atom is -0.382 e. The molecule has 1 aliphatic heterocycles. The molecule has 1 saturated heterocycles. The van der Waals surface area contributed by atoms with Crippen LogP contribution >= 0.6 is 0 Å². The molecule has 0 aromatic heterocycles. The Morgan fingerprint density at radius 3 is 3.25 bits per heavy atom. The van der Waals surface area contributed by atoms with E-state index < -0.39 is 11.7 Å². The maximum Gasteiger partial charge on any atom is 0.186 e. The molecule has 0 saturated carbocycles. The molecule has 1 fully saturated rings. The summed E-state index contributed by atoms with van der Waals surface area (Å²) in [5.41, 5.74) is -0.673. The van der Waals surface area contributed by atoms with Gasteiger partial charge in [-0.25, -0.2) is 0 Å². The third kappa shape index (κ3) is 0.806. The van der Waals surface area contributed by atoms with Crippen LogP contribution in [0.2, 0.25) is 0 Å². The van der Waals surface area contributed by atoms with E-state index >= 15 is 0 Å². The van der Waals surface area contributed by atoms with Crippen LogP contribution in [0.15, 0.2) is 24.8 Å². The second-order valence-electron chi connectivity index (χ2n) is 3.15. The first kappa shape index (κ1) is 7.71. The van der Waals surface area contributed by atoms with Crippen LogP contribution in [0.3, 0.4) is 0 Å². The number of hydrogen-bond donors (Lipinski definition) is 1. The molecule has 1 heterocycles. The molecule has 64 valence electrons. The fourth-order valence-electron chi connectivity index (χ4n) is 1.64. The van der Waals surface area contributed by atoms with Gasteiger partial charge in [0.15, 0.2) is 5.78 Å². The van der Waals surface area contributed by atoms with Gasteiger partial charge >= 0.3 is 0 Å². The molecule has 0 spiro atoms. The number of aliphatic hydroxyl groups is 1. The standard InChI is InChI=1S/C9H10O3/c1-2-5-9-7(12-9)4-3-6(10)8(9)11/h2-4,7-8,11H,1,5H2/t7-,8+,9-/m1/s1. The van der Waals surface area contributed by atoms with Crippen LogP contribution in [-0.4, -0.2) is 28.7 Å². The van der Waals surface area contributed by atoms with Crippen LogP contribution in [0.4, 0.5) is 0 Å². The molecule has 3 nitrogen and oxygen atoms in total. The molecule has 1 N–H and O–H groups in total. The van der Waals surface area contributed by atoms with Crippen molar-refractivity contribution in [1.29, 1.82) is 0 Å². The molecule has 0 amide bonds. The summed E-state index contributed by atoms with van der Waals surface area (Å²) >= 11 is 0. The minimum absolute atomic E-state index is 0.0943. The molecule has 3 heteroatoms. The van der Waals surface area contributed by atoms with E-state index in [4.69, 9.17) is 4.74 Å². The molecule has 0 aromatic carbocycles. The van der Waals surface area contributed by atoms with Crippen molar-refractivity contribution in [3.8, 4) is 0 Å². The Morgan fingerprint density at radius 2 is 2.58 bits per heavy atom. The van der Waals surface area contributed by atoms with Crippen LogP contribution in [-0.2, 0) is 9.53 Å². The predicted molar refractivity (Wildman–Crippen MR) is 42.6 cm³/mol. The normalized spacial score (nSPS) is 43.9. The Balaban J connectivity index is 2.25. The van der Waals surface area contributed by atoms with Crippen molar-refractivity contribution in [1.82, 2.24) is 0 Å². The van der Waals surface area contributed by atoms with Crippen LogP contribution in [0.5, 0.6) is 0 Å². The second-order valence-corrected chi connectivity index (χ2v) is 3.15. The maximum absolute atomic E-state index is 11.1. The van der Waals surface area contributed by atoms with Crippen molar-refractivity contribution in [3.05, 3.63) is 24.8 Å². The number of fused-ring (bicyclic) bond motifs is 1. The topological polar surface area (TPSA) is 49.8 Å². The highest BCUT2D eigenvalue weighted by molar-refractivity contribution is 5.96. The molecule has 0 aromatic rings. The monoisotopic (exact) mass is 166 g/mol. The molecule has 12 heavy (non-hydrogen) atoms. The van der Waals surface area contributed by atoms with Crippen LogP contribution in [0.25, 0.3) is 0 Å². The summed E-state index contributed by atoms with van der Waals surface area (Å²) in [6.45, 7) is 3.56. The third-order valence-electron chi connectivity index (χ3n) is 2.40. The van der Waals surface area contributed by atoms with E-state index in [2.05, 4.69) is 6.58 Å². The lowest BCUT2D eigenvalue weighted by atomic mass is 9.87. The van der Waals surface area contributed by atoms with Gasteiger partial charge in [0, 0.05) is 6.42 Å². The van der Waals surface area contributed by atoms with Gasteiger partial charge in [-0.3, -0.25) is 4.79 Å². The average molecular weight is 166 g/mol. The summed E-state index contributed by atoms with van der Waals surface area (Å²) < 4.78 is 5.26. The fourth-order valence-corrected chi connectivity index (χ4v) is 1.64. The summed E-state index contributed by atoms with van der Waals surface area (Å²) in [5, 5.41) is 9.50. The smallest absolute Gasteiger partial charge is 0.186 e. The number of hydrogen-bond acceptors (Lipinski definition) is 3. The largest absolute Gasteiger partial charge is 0.382 e. The van der Waals surface area contributed by atoms with Crippen LogP contribution in [0, 0.1) is 0 Å². The molecular formula is C9H10O3. The van der Waals surface area contributed by atoms with Crippen molar-refractivity contribution in [2.75, 3.05) is 0 Å². The van der Waals surface area contributed by atoms with E-state index in [9.17, 15) is 9.90 Å². The molecule has 1 aliphatic carbocycles. The molecule has 3 atom stereocenters. The Bertz CT molecular complexity index is 269. The zero-order valence-electron chi connectivity index (χ0n) is 6.56. The predicted octanol–water partition coefficient (Wildman–Crippen LogP) is 0.200. The van der Waals surface area contributed by atoms with Crippen LogP contribution < -0.4 is 0 Å². The minimum atomic E-state index is -1.01. The van der Waals surface area contributed by atoms with Crippen molar-refractivity contribution in [2.24, 2.45) is 0 Å². The van der Waals surface area contributed by atoms with Crippen molar-refractivity contribution < 1.29 is 14.6 Å². The van der Waals surface area contributed by atoms with Gasteiger partial charge in [-0.15, -0.1) is 6.58 Å². The van der Waals surface area contributed by atoms with Gasteiger partial charge in [-0.1, -0.05) is 6.08 Å². The van der Waals surface area contributed by atoms with Gasteiger partial charge in [0.25, 0.3) is 0 Å². The highest BCUT2D eigenvalue weighted by Gasteiger charge is 2.62. The van der Waals surface area contributed by atoms with Crippen molar-refractivity contribution in [2.45, 2.75) is 24.2 Å². The summed E-state index contributed by atoms with van der Waals surface area (Å²) in [5.74, 6) is -0.273. The van der Waals surface area contributed by atoms with E-state index in [1.807, 2.05) is 0 Å². The summed E-state index contributed by atoms with van der Waals surface area (Å²) in [6.07, 6.45) is 4.15. The van der Waals surface area contributed by atoms with E-state index in [0.717, 1.165) is 0 Å². The fraction of sp³-hybridized carbons (Fsp3) is 0.444. The lowest BCUT2D eigenvalue weighted by Crippen LogP contribution is -2.39.